The van der Waals surface area contributed by atoms with Gasteiger partial charge in [-0.25, -0.2) is 4.79 Å². The fourth-order valence-electron chi connectivity index (χ4n) is 3.37. The van der Waals surface area contributed by atoms with E-state index in [0.717, 1.165) is 40.0 Å². The molecule has 0 saturated carbocycles. The van der Waals surface area contributed by atoms with Crippen LogP contribution in [0.3, 0.4) is 0 Å². The van der Waals surface area contributed by atoms with Crippen LogP contribution in [0.15, 0.2) is 53.3 Å². The molecule has 0 aliphatic carbocycles. The monoisotopic (exact) mass is 454 g/mol. The van der Waals surface area contributed by atoms with Crippen molar-refractivity contribution in [1.29, 1.82) is 0 Å². The van der Waals surface area contributed by atoms with Gasteiger partial charge < -0.3 is 14.7 Å². The number of H-pyrrole nitrogens is 1. The topological polar surface area (TPSA) is 82.6 Å². The molecule has 0 bridgehead atoms. The van der Waals surface area contributed by atoms with E-state index in [2.05, 4.69) is 11.1 Å². The van der Waals surface area contributed by atoms with E-state index in [0.29, 0.717) is 24.4 Å². The smallest absolute Gasteiger partial charge is 0.410 e. The molecular formula is C25H30N2O4S. The number of aromatic hydroxyl groups is 1. The van der Waals surface area contributed by atoms with Gasteiger partial charge in [-0.1, -0.05) is 60.7 Å². The highest BCUT2D eigenvalue weighted by Crippen LogP contribution is 2.25. The lowest BCUT2D eigenvalue weighted by atomic mass is 10.0. The summed E-state index contributed by atoms with van der Waals surface area (Å²) in [7, 11) is 0. The normalized spacial score (nSPS) is 11.4. The minimum absolute atomic E-state index is 0.0570. The van der Waals surface area contributed by atoms with Crippen molar-refractivity contribution < 1.29 is 14.6 Å². The summed E-state index contributed by atoms with van der Waals surface area (Å²) in [5, 5.41) is 9.79. The summed E-state index contributed by atoms with van der Waals surface area (Å²) in [6, 6.07) is 16.2. The van der Waals surface area contributed by atoms with Gasteiger partial charge in [0.2, 0.25) is 5.88 Å². The first-order valence-electron chi connectivity index (χ1n) is 10.7. The molecule has 0 radical (unpaired) electrons. The van der Waals surface area contributed by atoms with Crippen molar-refractivity contribution >= 4 is 17.4 Å². The predicted molar refractivity (Wildman–Crippen MR) is 128 cm³/mol. The third-order valence-electron chi connectivity index (χ3n) is 4.80. The number of hydrogen-bond donors (Lipinski definition) is 2. The Balaban J connectivity index is 1.74. The molecule has 0 fully saturated rings. The minimum atomic E-state index is -0.528. The molecule has 3 aromatic rings. The van der Waals surface area contributed by atoms with Crippen LogP contribution >= 0.6 is 11.3 Å². The maximum Gasteiger partial charge on any atom is 0.410 e. The van der Waals surface area contributed by atoms with Crippen molar-refractivity contribution in [3.8, 4) is 17.0 Å². The number of amides is 1. The van der Waals surface area contributed by atoms with E-state index in [1.807, 2.05) is 70.2 Å². The van der Waals surface area contributed by atoms with E-state index in [4.69, 9.17) is 4.74 Å². The second-order valence-electron chi connectivity index (χ2n) is 8.76. The van der Waals surface area contributed by atoms with Crippen LogP contribution in [0.4, 0.5) is 4.79 Å². The van der Waals surface area contributed by atoms with E-state index in [1.165, 1.54) is 0 Å². The van der Waals surface area contributed by atoms with Crippen molar-refractivity contribution in [1.82, 2.24) is 9.88 Å². The number of carbonyl (C=O) groups excluding carboxylic acids is 1. The molecule has 0 atom stereocenters. The Bertz CT molecular complexity index is 1110. The van der Waals surface area contributed by atoms with Gasteiger partial charge in [0, 0.05) is 19.5 Å². The lowest BCUT2D eigenvalue weighted by Gasteiger charge is -2.27. The van der Waals surface area contributed by atoms with Gasteiger partial charge in [0.05, 0.1) is 4.88 Å². The molecule has 0 spiro atoms. The highest BCUT2D eigenvalue weighted by Gasteiger charge is 2.21. The van der Waals surface area contributed by atoms with Crippen LogP contribution < -0.4 is 4.87 Å². The van der Waals surface area contributed by atoms with Gasteiger partial charge >= 0.3 is 11.0 Å². The summed E-state index contributed by atoms with van der Waals surface area (Å²) in [5.74, 6) is -0.0570. The Labute approximate surface area is 192 Å². The summed E-state index contributed by atoms with van der Waals surface area (Å²) in [5.41, 5.74) is 3.63. The second-order valence-corrected chi connectivity index (χ2v) is 9.83. The SMILES string of the molecule is CCCN(Cc1cccc(-c2ccc(Cc3sc(=O)[nH]c3O)cc2)c1)C(=O)OC(C)(C)C. The van der Waals surface area contributed by atoms with Crippen molar-refractivity contribution in [2.45, 2.75) is 52.7 Å². The summed E-state index contributed by atoms with van der Waals surface area (Å²) >= 11 is 1.02. The number of carbonyl (C=O) groups is 1. The molecule has 6 nitrogen and oxygen atoms in total. The molecule has 3 rings (SSSR count). The van der Waals surface area contributed by atoms with Gasteiger partial charge in [0.1, 0.15) is 5.60 Å². The fourth-order valence-corrected chi connectivity index (χ4v) is 4.13. The summed E-state index contributed by atoms with van der Waals surface area (Å²) in [6.07, 6.45) is 1.05. The number of rotatable bonds is 7. The number of hydrogen-bond acceptors (Lipinski definition) is 5. The zero-order valence-corrected chi connectivity index (χ0v) is 19.8. The van der Waals surface area contributed by atoms with Gasteiger partial charge in [0.15, 0.2) is 0 Å². The lowest BCUT2D eigenvalue weighted by Crippen LogP contribution is -2.36. The number of ether oxygens (including phenoxy) is 1. The third-order valence-corrected chi connectivity index (χ3v) is 5.67. The van der Waals surface area contributed by atoms with Crippen molar-refractivity contribution in [3.63, 3.8) is 0 Å². The fraction of sp³-hybridized carbons (Fsp3) is 0.360. The molecule has 1 amide bonds. The zero-order chi connectivity index (χ0) is 23.3. The highest BCUT2D eigenvalue weighted by atomic mass is 32.1. The zero-order valence-electron chi connectivity index (χ0n) is 19.0. The summed E-state index contributed by atoms with van der Waals surface area (Å²) < 4.78 is 5.56. The van der Waals surface area contributed by atoms with Gasteiger partial charge in [-0.05, 0) is 55.5 Å². The van der Waals surface area contributed by atoms with Gasteiger partial charge in [0.25, 0.3) is 0 Å². The number of aromatic nitrogens is 1. The maximum atomic E-state index is 12.6. The van der Waals surface area contributed by atoms with Crippen LogP contribution in [0.1, 0.15) is 50.1 Å². The number of aromatic amines is 1. The van der Waals surface area contributed by atoms with Crippen LogP contribution in [0, 0.1) is 0 Å². The molecule has 0 aliphatic heterocycles. The van der Waals surface area contributed by atoms with Crippen molar-refractivity contribution in [2.75, 3.05) is 6.54 Å². The number of thiazole rings is 1. The molecular weight excluding hydrogens is 424 g/mol. The average Bonchev–Trinajstić information content (AvgIpc) is 3.04. The molecule has 0 unspecified atom stereocenters. The largest absolute Gasteiger partial charge is 0.494 e. The molecule has 7 heteroatoms. The summed E-state index contributed by atoms with van der Waals surface area (Å²) in [4.78, 5) is 28.5. The first-order valence-corrected chi connectivity index (χ1v) is 11.5. The lowest BCUT2D eigenvalue weighted by molar-refractivity contribution is 0.0233. The molecule has 0 saturated heterocycles. The predicted octanol–water partition coefficient (Wildman–Crippen LogP) is 5.55. The minimum Gasteiger partial charge on any atom is -0.494 e. The Morgan fingerprint density at radius 2 is 1.81 bits per heavy atom. The molecule has 0 aliphatic rings. The molecule has 2 aromatic carbocycles. The molecule has 2 N–H and O–H groups in total. The molecule has 1 heterocycles. The third kappa shape index (κ3) is 6.47. The second kappa shape index (κ2) is 10.0. The van der Waals surface area contributed by atoms with Crippen LogP contribution in [-0.2, 0) is 17.7 Å². The Kier molecular flexibility index (Phi) is 7.40. The van der Waals surface area contributed by atoms with Crippen molar-refractivity contribution in [3.05, 3.63) is 74.2 Å². The Morgan fingerprint density at radius 1 is 1.09 bits per heavy atom. The van der Waals surface area contributed by atoms with Gasteiger partial charge in [-0.15, -0.1) is 0 Å². The maximum absolute atomic E-state index is 12.6. The van der Waals surface area contributed by atoms with E-state index >= 15 is 0 Å². The Morgan fingerprint density at radius 3 is 2.41 bits per heavy atom. The quantitative estimate of drug-likeness (QED) is 0.491. The molecule has 1 aromatic heterocycles. The number of benzene rings is 2. The van der Waals surface area contributed by atoms with Crippen molar-refractivity contribution in [2.24, 2.45) is 0 Å². The molecule has 32 heavy (non-hydrogen) atoms. The average molecular weight is 455 g/mol. The van der Waals surface area contributed by atoms with Crippen LogP contribution in [-0.4, -0.2) is 33.2 Å². The van der Waals surface area contributed by atoms with E-state index in [9.17, 15) is 14.7 Å². The van der Waals surface area contributed by atoms with Gasteiger partial charge in [-0.2, -0.15) is 0 Å². The van der Waals surface area contributed by atoms with Gasteiger partial charge in [-0.3, -0.25) is 9.78 Å². The van der Waals surface area contributed by atoms with Crippen LogP contribution in [0.25, 0.3) is 11.1 Å². The highest BCUT2D eigenvalue weighted by molar-refractivity contribution is 7.09. The number of nitrogens with one attached hydrogen (secondary N) is 1. The Hall–Kier alpha value is -3.06. The van der Waals surface area contributed by atoms with E-state index < -0.39 is 5.60 Å². The number of nitrogens with zero attached hydrogens (tertiary/aromatic N) is 1. The summed E-state index contributed by atoms with van der Waals surface area (Å²) in [6.45, 7) is 8.78. The van der Waals surface area contributed by atoms with Crippen LogP contribution in [0.2, 0.25) is 0 Å². The van der Waals surface area contributed by atoms with Crippen LogP contribution in [0.5, 0.6) is 5.88 Å². The standard InChI is InChI=1S/C25H30N2O4S/c1-5-13-27(24(30)31-25(2,3)4)16-18-7-6-8-20(14-18)19-11-9-17(10-12-19)15-21-22(28)26-23(29)32-21/h6-12,14,28H,5,13,15-16H2,1-4H3,(H,26,29). The first kappa shape index (κ1) is 23.6. The van der Waals surface area contributed by atoms with E-state index in [1.54, 1.807) is 4.90 Å². The molecule has 170 valence electrons. The van der Waals surface area contributed by atoms with E-state index in [-0.39, 0.29) is 16.8 Å². The first-order chi connectivity index (χ1) is 15.1.